The summed E-state index contributed by atoms with van der Waals surface area (Å²) < 4.78 is 24.2. The minimum Gasteiger partial charge on any atom is -0.466 e. The fraction of sp³-hybridized carbons (Fsp3) is 0.667. The van der Waals surface area contributed by atoms with E-state index >= 15 is 0 Å². The number of alkyl halides is 3. The number of carbonyl (C=O) groups is 2. The summed E-state index contributed by atoms with van der Waals surface area (Å²) >= 11 is 17.1. The predicted octanol–water partition coefficient (Wildman–Crippen LogP) is 1.48. The number of carbonyl (C=O) groups excluding carboxylic acids is 2. The van der Waals surface area contributed by atoms with Crippen molar-refractivity contribution in [2.24, 2.45) is 0 Å². The van der Waals surface area contributed by atoms with E-state index in [0.717, 1.165) is 6.08 Å². The van der Waals surface area contributed by atoms with Crippen LogP contribution in [-0.2, 0) is 33.3 Å². The maximum atomic E-state index is 11.2. The van der Waals surface area contributed by atoms with Crippen LogP contribution in [0.5, 0.6) is 0 Å². The van der Waals surface area contributed by atoms with Gasteiger partial charge in [0.1, 0.15) is 6.10 Å². The molecule has 2 aliphatic rings. The maximum Gasteiger partial charge on any atom is 0.330 e. The molecular weight excluding hydrogens is 362 g/mol. The van der Waals surface area contributed by atoms with Crippen LogP contribution in [0.1, 0.15) is 6.92 Å². The number of rotatable bonds is 3. The van der Waals surface area contributed by atoms with Gasteiger partial charge < -0.3 is 23.7 Å². The lowest BCUT2D eigenvalue weighted by Gasteiger charge is -2.23. The number of ether oxygens (including phenoxy) is 5. The number of esters is 2. The van der Waals surface area contributed by atoms with E-state index in [4.69, 9.17) is 53.8 Å². The Bertz CT molecular complexity index is 476. The third-order valence-electron chi connectivity index (χ3n) is 2.94. The van der Waals surface area contributed by atoms with Crippen molar-refractivity contribution in [3.63, 3.8) is 0 Å². The Morgan fingerprint density at radius 3 is 2.41 bits per heavy atom. The lowest BCUT2D eigenvalue weighted by molar-refractivity contribution is -0.171. The molecule has 5 atom stereocenters. The topological polar surface area (TPSA) is 80.3 Å². The lowest BCUT2D eigenvalue weighted by Crippen LogP contribution is -2.37. The zero-order valence-electron chi connectivity index (χ0n) is 11.5. The highest BCUT2D eigenvalue weighted by molar-refractivity contribution is 6.67. The van der Waals surface area contributed by atoms with Crippen LogP contribution in [0.3, 0.4) is 0 Å². The molecule has 0 spiro atoms. The molecule has 124 valence electrons. The molecule has 0 aliphatic carbocycles. The maximum absolute atomic E-state index is 11.2. The smallest absolute Gasteiger partial charge is 0.330 e. The number of hydrogen-bond donors (Lipinski definition) is 0. The van der Waals surface area contributed by atoms with Crippen LogP contribution < -0.4 is 0 Å². The second kappa shape index (κ2) is 6.90. The molecule has 0 N–H and O–H groups in total. The standard InChI is InChI=1S/C12H13Cl3O7/c1-5(16)19-8-6(3-4-7(17)18-2)20-10-9(8)21-11(22-10)12(13,14)15/h3-4,6,8-11H,1-2H3/b4-3+/t6-,8+,9-,10-,11-/m1/s1. The van der Waals surface area contributed by atoms with Gasteiger partial charge in [-0.1, -0.05) is 34.8 Å². The first kappa shape index (κ1) is 17.8. The molecule has 0 saturated carbocycles. The molecule has 10 heteroatoms. The monoisotopic (exact) mass is 374 g/mol. The average Bonchev–Trinajstić information content (AvgIpc) is 2.95. The third-order valence-corrected chi connectivity index (χ3v) is 3.47. The highest BCUT2D eigenvalue weighted by atomic mass is 35.6. The Labute approximate surface area is 141 Å². The Hall–Kier alpha value is -0.570. The molecular formula is C12H13Cl3O7. The molecule has 0 radical (unpaired) electrons. The van der Waals surface area contributed by atoms with Crippen molar-refractivity contribution in [3.8, 4) is 0 Å². The number of hydrogen-bond acceptors (Lipinski definition) is 7. The summed E-state index contributed by atoms with van der Waals surface area (Å²) in [5, 5.41) is 0. The van der Waals surface area contributed by atoms with Crippen LogP contribution in [0.25, 0.3) is 0 Å². The van der Waals surface area contributed by atoms with Gasteiger partial charge in [-0.25, -0.2) is 4.79 Å². The van der Waals surface area contributed by atoms with Gasteiger partial charge in [-0.3, -0.25) is 4.79 Å². The van der Waals surface area contributed by atoms with E-state index in [1.807, 2.05) is 0 Å². The van der Waals surface area contributed by atoms with Gasteiger partial charge in [-0.2, -0.15) is 0 Å². The van der Waals surface area contributed by atoms with Gasteiger partial charge in [0.15, 0.2) is 18.5 Å². The van der Waals surface area contributed by atoms with E-state index in [2.05, 4.69) is 4.74 Å². The summed E-state index contributed by atoms with van der Waals surface area (Å²) in [5.74, 6) is -1.13. The fourth-order valence-corrected chi connectivity index (χ4v) is 2.38. The summed E-state index contributed by atoms with van der Waals surface area (Å²) in [6.07, 6.45) is -1.90. The Morgan fingerprint density at radius 2 is 1.86 bits per heavy atom. The molecule has 2 fully saturated rings. The van der Waals surface area contributed by atoms with Gasteiger partial charge in [0.2, 0.25) is 10.1 Å². The summed E-state index contributed by atoms with van der Waals surface area (Å²) in [6, 6.07) is 0. The van der Waals surface area contributed by atoms with Crippen molar-refractivity contribution < 1.29 is 33.3 Å². The number of fused-ring (bicyclic) bond motifs is 1. The molecule has 2 aliphatic heterocycles. The van der Waals surface area contributed by atoms with E-state index in [-0.39, 0.29) is 0 Å². The van der Waals surface area contributed by atoms with Gasteiger partial charge in [-0.15, -0.1) is 0 Å². The Morgan fingerprint density at radius 1 is 1.18 bits per heavy atom. The molecule has 0 unspecified atom stereocenters. The minimum absolute atomic E-state index is 0.549. The normalized spacial score (nSPS) is 34.7. The van der Waals surface area contributed by atoms with Crippen molar-refractivity contribution >= 4 is 46.7 Å². The van der Waals surface area contributed by atoms with Crippen LogP contribution in [0.15, 0.2) is 12.2 Å². The summed E-state index contributed by atoms with van der Waals surface area (Å²) in [7, 11) is 1.23. The highest BCUT2D eigenvalue weighted by Crippen LogP contribution is 2.43. The van der Waals surface area contributed by atoms with Gasteiger partial charge >= 0.3 is 11.9 Å². The first-order valence-corrected chi connectivity index (χ1v) is 7.32. The summed E-state index contributed by atoms with van der Waals surface area (Å²) in [5.41, 5.74) is 0. The zero-order valence-corrected chi connectivity index (χ0v) is 13.8. The Kier molecular flexibility index (Phi) is 5.58. The SMILES string of the molecule is COC(=O)/C=C/[C@H]1O[C@@H]2O[C@H](C(Cl)(Cl)Cl)O[C@@H]2[C@H]1OC(C)=O. The number of methoxy groups -OCH3 is 1. The van der Waals surface area contributed by atoms with Crippen molar-refractivity contribution in [2.45, 2.75) is 41.6 Å². The van der Waals surface area contributed by atoms with E-state index in [1.165, 1.54) is 20.1 Å². The van der Waals surface area contributed by atoms with Crippen molar-refractivity contribution in [2.75, 3.05) is 7.11 Å². The molecule has 2 rings (SSSR count). The molecule has 0 bridgehead atoms. The summed E-state index contributed by atoms with van der Waals surface area (Å²) in [4.78, 5) is 22.4. The Balaban J connectivity index is 2.11. The molecule has 0 aromatic rings. The van der Waals surface area contributed by atoms with E-state index in [1.54, 1.807) is 0 Å². The molecule has 0 aromatic carbocycles. The quantitative estimate of drug-likeness (QED) is 0.420. The molecule has 7 nitrogen and oxygen atoms in total. The zero-order chi connectivity index (χ0) is 16.5. The van der Waals surface area contributed by atoms with E-state index < -0.39 is 46.6 Å². The third kappa shape index (κ3) is 4.04. The predicted molar refractivity (Wildman–Crippen MR) is 75.4 cm³/mol. The average molecular weight is 376 g/mol. The molecule has 2 heterocycles. The highest BCUT2D eigenvalue weighted by Gasteiger charge is 2.57. The number of halogens is 3. The molecule has 0 aromatic heterocycles. The lowest BCUT2D eigenvalue weighted by atomic mass is 10.1. The molecule has 22 heavy (non-hydrogen) atoms. The first-order chi connectivity index (χ1) is 10.2. The largest absolute Gasteiger partial charge is 0.466 e. The first-order valence-electron chi connectivity index (χ1n) is 6.19. The van der Waals surface area contributed by atoms with E-state index in [0.29, 0.717) is 0 Å². The van der Waals surface area contributed by atoms with Gasteiger partial charge in [0.05, 0.1) is 7.11 Å². The van der Waals surface area contributed by atoms with Crippen LogP contribution >= 0.6 is 34.8 Å². The van der Waals surface area contributed by atoms with Crippen LogP contribution in [0, 0.1) is 0 Å². The minimum atomic E-state index is -1.81. The van der Waals surface area contributed by atoms with Crippen molar-refractivity contribution in [1.29, 1.82) is 0 Å². The molecule has 2 saturated heterocycles. The van der Waals surface area contributed by atoms with Crippen molar-refractivity contribution in [3.05, 3.63) is 12.2 Å². The van der Waals surface area contributed by atoms with Crippen molar-refractivity contribution in [1.82, 2.24) is 0 Å². The van der Waals surface area contributed by atoms with Crippen LogP contribution in [-0.4, -0.2) is 53.7 Å². The van der Waals surface area contributed by atoms with Gasteiger partial charge in [0.25, 0.3) is 0 Å². The van der Waals surface area contributed by atoms with E-state index in [9.17, 15) is 9.59 Å². The summed E-state index contributed by atoms with van der Waals surface area (Å²) in [6.45, 7) is 1.23. The van der Waals surface area contributed by atoms with Crippen LogP contribution in [0.4, 0.5) is 0 Å². The fourth-order valence-electron chi connectivity index (χ4n) is 2.08. The molecule has 0 amide bonds. The second-order valence-electron chi connectivity index (χ2n) is 4.54. The second-order valence-corrected chi connectivity index (χ2v) is 6.90. The van der Waals surface area contributed by atoms with Gasteiger partial charge in [0, 0.05) is 13.0 Å². The van der Waals surface area contributed by atoms with Crippen LogP contribution in [0.2, 0.25) is 0 Å². The van der Waals surface area contributed by atoms with Gasteiger partial charge in [-0.05, 0) is 6.08 Å².